The number of methoxy groups -OCH3 is 2. The van der Waals surface area contributed by atoms with E-state index in [1.54, 1.807) is 23.1 Å². The van der Waals surface area contributed by atoms with Crippen molar-refractivity contribution in [2.75, 3.05) is 31.0 Å². The number of halogens is 1. The van der Waals surface area contributed by atoms with Crippen molar-refractivity contribution in [2.24, 2.45) is 0 Å². The fraction of sp³-hybridized carbons (Fsp3) is 0.263. The van der Waals surface area contributed by atoms with E-state index >= 15 is 0 Å². The van der Waals surface area contributed by atoms with Gasteiger partial charge in [0.2, 0.25) is 5.91 Å². The predicted molar refractivity (Wildman–Crippen MR) is 98.9 cm³/mol. The van der Waals surface area contributed by atoms with Crippen molar-refractivity contribution in [3.05, 3.63) is 48.3 Å². The van der Waals surface area contributed by atoms with E-state index in [1.165, 1.54) is 38.5 Å². The second kappa shape index (κ2) is 7.94. The lowest BCUT2D eigenvalue weighted by atomic mass is 10.2. The number of nitrogens with one attached hydrogen (secondary N) is 2. The molecule has 1 heterocycles. The number of carbonyl (C=O) groups excluding carboxylic acids is 2. The van der Waals surface area contributed by atoms with E-state index in [4.69, 9.17) is 9.47 Å². The Balaban J connectivity index is 1.63. The van der Waals surface area contributed by atoms with E-state index in [1.807, 2.05) is 0 Å². The average molecular weight is 373 g/mol. The molecule has 0 saturated carbocycles. The van der Waals surface area contributed by atoms with Crippen molar-refractivity contribution in [3.8, 4) is 11.5 Å². The summed E-state index contributed by atoms with van der Waals surface area (Å²) in [4.78, 5) is 26.0. The number of benzene rings is 2. The summed E-state index contributed by atoms with van der Waals surface area (Å²) in [5.74, 6) is 0.608. The SMILES string of the molecule is COc1ccc(N2C[C@H](NC(=O)Nc3ccc(F)cc3)CC2=O)cc1OC. The van der Waals surface area contributed by atoms with Crippen LogP contribution < -0.4 is 25.0 Å². The second-order valence-corrected chi connectivity index (χ2v) is 6.05. The number of amides is 3. The van der Waals surface area contributed by atoms with E-state index in [9.17, 15) is 14.0 Å². The van der Waals surface area contributed by atoms with E-state index in [0.29, 0.717) is 29.4 Å². The number of ether oxygens (including phenoxy) is 2. The van der Waals surface area contributed by atoms with Crippen LogP contribution in [0.5, 0.6) is 11.5 Å². The standard InChI is InChI=1S/C19H20FN3O4/c1-26-16-8-7-15(10-17(16)27-2)23-11-14(9-18(23)24)22-19(25)21-13-5-3-12(20)4-6-13/h3-8,10,14H,9,11H2,1-2H3,(H2,21,22,25)/t14-/m1/s1. The van der Waals surface area contributed by atoms with Crippen LogP contribution in [0.2, 0.25) is 0 Å². The lowest BCUT2D eigenvalue weighted by Crippen LogP contribution is -2.39. The van der Waals surface area contributed by atoms with Gasteiger partial charge < -0.3 is 25.0 Å². The Labute approximate surface area is 156 Å². The van der Waals surface area contributed by atoms with Crippen LogP contribution in [0.3, 0.4) is 0 Å². The largest absolute Gasteiger partial charge is 0.493 e. The van der Waals surface area contributed by atoms with Gasteiger partial charge >= 0.3 is 6.03 Å². The van der Waals surface area contributed by atoms with Crippen molar-refractivity contribution < 1.29 is 23.5 Å². The minimum Gasteiger partial charge on any atom is -0.493 e. The minimum atomic E-state index is -0.450. The molecule has 142 valence electrons. The number of hydrogen-bond acceptors (Lipinski definition) is 4. The molecular formula is C19H20FN3O4. The average Bonchev–Trinajstić information content (AvgIpc) is 3.02. The smallest absolute Gasteiger partial charge is 0.319 e. The Kier molecular flexibility index (Phi) is 5.44. The third kappa shape index (κ3) is 4.28. The highest BCUT2D eigenvalue weighted by molar-refractivity contribution is 5.98. The highest BCUT2D eigenvalue weighted by atomic mass is 19.1. The maximum Gasteiger partial charge on any atom is 0.319 e. The van der Waals surface area contributed by atoms with Crippen molar-refractivity contribution in [3.63, 3.8) is 0 Å². The van der Waals surface area contributed by atoms with Crippen LogP contribution in [0.15, 0.2) is 42.5 Å². The first-order valence-corrected chi connectivity index (χ1v) is 8.35. The summed E-state index contributed by atoms with van der Waals surface area (Å²) < 4.78 is 23.4. The lowest BCUT2D eigenvalue weighted by molar-refractivity contribution is -0.117. The lowest BCUT2D eigenvalue weighted by Gasteiger charge is -2.19. The summed E-state index contributed by atoms with van der Waals surface area (Å²) >= 11 is 0. The van der Waals surface area contributed by atoms with Gasteiger partial charge in [-0.25, -0.2) is 9.18 Å². The molecule has 1 aliphatic heterocycles. The predicted octanol–water partition coefficient (Wildman–Crippen LogP) is 2.77. The van der Waals surface area contributed by atoms with Crippen LogP contribution in [0.4, 0.5) is 20.6 Å². The van der Waals surface area contributed by atoms with Crippen LogP contribution in [0.1, 0.15) is 6.42 Å². The molecule has 1 fully saturated rings. The van der Waals surface area contributed by atoms with Gasteiger partial charge in [-0.15, -0.1) is 0 Å². The van der Waals surface area contributed by atoms with E-state index in [-0.39, 0.29) is 24.2 Å². The molecule has 0 aliphatic carbocycles. The third-order valence-electron chi connectivity index (χ3n) is 4.24. The Hall–Kier alpha value is -3.29. The van der Waals surface area contributed by atoms with Gasteiger partial charge in [-0.1, -0.05) is 0 Å². The monoisotopic (exact) mass is 373 g/mol. The molecule has 0 bridgehead atoms. The fourth-order valence-corrected chi connectivity index (χ4v) is 2.93. The van der Waals surface area contributed by atoms with Crippen LogP contribution >= 0.6 is 0 Å². The first-order valence-electron chi connectivity index (χ1n) is 8.35. The second-order valence-electron chi connectivity index (χ2n) is 6.05. The molecule has 2 aromatic carbocycles. The van der Waals surface area contributed by atoms with Crippen molar-refractivity contribution >= 4 is 23.3 Å². The number of anilines is 2. The third-order valence-corrected chi connectivity index (χ3v) is 4.24. The van der Waals surface area contributed by atoms with Gasteiger partial charge in [0.1, 0.15) is 5.82 Å². The molecule has 0 aromatic heterocycles. The normalized spacial score (nSPS) is 16.2. The number of rotatable bonds is 5. The summed E-state index contributed by atoms with van der Waals surface area (Å²) in [6, 6.07) is 9.86. The molecular weight excluding hydrogens is 353 g/mol. The molecule has 1 saturated heterocycles. The molecule has 0 spiro atoms. The van der Waals surface area contributed by atoms with E-state index in [0.717, 1.165) is 0 Å². The van der Waals surface area contributed by atoms with Gasteiger partial charge in [0.05, 0.1) is 20.3 Å². The minimum absolute atomic E-state index is 0.102. The topological polar surface area (TPSA) is 79.9 Å². The van der Waals surface area contributed by atoms with Gasteiger partial charge in [0, 0.05) is 30.4 Å². The van der Waals surface area contributed by atoms with Gasteiger partial charge in [-0.05, 0) is 36.4 Å². The quantitative estimate of drug-likeness (QED) is 0.845. The molecule has 2 aromatic rings. The maximum atomic E-state index is 12.9. The molecule has 2 N–H and O–H groups in total. The summed E-state index contributed by atoms with van der Waals surface area (Å²) in [6.45, 7) is 0.338. The number of urea groups is 1. The number of carbonyl (C=O) groups is 2. The summed E-state index contributed by atoms with van der Waals surface area (Å²) in [5.41, 5.74) is 1.14. The zero-order valence-electron chi connectivity index (χ0n) is 15.0. The van der Waals surface area contributed by atoms with Crippen molar-refractivity contribution in [1.82, 2.24) is 5.32 Å². The molecule has 1 atom stereocenters. The first-order chi connectivity index (χ1) is 13.0. The van der Waals surface area contributed by atoms with Gasteiger partial charge in [-0.3, -0.25) is 4.79 Å². The molecule has 3 rings (SSSR count). The Morgan fingerprint density at radius 1 is 1.11 bits per heavy atom. The Morgan fingerprint density at radius 3 is 2.48 bits per heavy atom. The Bertz CT molecular complexity index is 841. The molecule has 27 heavy (non-hydrogen) atoms. The van der Waals surface area contributed by atoms with Crippen LogP contribution in [-0.2, 0) is 4.79 Å². The van der Waals surface area contributed by atoms with Crippen LogP contribution in [0.25, 0.3) is 0 Å². The number of nitrogens with zero attached hydrogens (tertiary/aromatic N) is 1. The summed E-state index contributed by atoms with van der Waals surface area (Å²) in [7, 11) is 3.07. The molecule has 0 unspecified atom stereocenters. The highest BCUT2D eigenvalue weighted by Gasteiger charge is 2.32. The summed E-state index contributed by atoms with van der Waals surface area (Å²) in [5, 5.41) is 5.38. The number of hydrogen-bond donors (Lipinski definition) is 2. The first kappa shape index (κ1) is 18.5. The van der Waals surface area contributed by atoms with Crippen LogP contribution in [0, 0.1) is 5.82 Å². The van der Waals surface area contributed by atoms with Gasteiger partial charge in [0.15, 0.2) is 11.5 Å². The summed E-state index contributed by atoms with van der Waals surface area (Å²) in [6.07, 6.45) is 0.186. The Morgan fingerprint density at radius 2 is 1.81 bits per heavy atom. The van der Waals surface area contributed by atoms with E-state index < -0.39 is 6.03 Å². The van der Waals surface area contributed by atoms with Crippen molar-refractivity contribution in [2.45, 2.75) is 12.5 Å². The fourth-order valence-electron chi connectivity index (χ4n) is 2.93. The van der Waals surface area contributed by atoms with E-state index in [2.05, 4.69) is 10.6 Å². The van der Waals surface area contributed by atoms with Crippen LogP contribution in [-0.4, -0.2) is 38.7 Å². The van der Waals surface area contributed by atoms with Gasteiger partial charge in [-0.2, -0.15) is 0 Å². The molecule has 0 radical (unpaired) electrons. The molecule has 3 amide bonds. The molecule has 1 aliphatic rings. The zero-order chi connectivity index (χ0) is 19.4. The molecule has 8 heteroatoms. The maximum absolute atomic E-state index is 12.9. The van der Waals surface area contributed by atoms with Crippen molar-refractivity contribution in [1.29, 1.82) is 0 Å². The van der Waals surface area contributed by atoms with Gasteiger partial charge in [0.25, 0.3) is 0 Å². The highest BCUT2D eigenvalue weighted by Crippen LogP contribution is 2.33. The molecule has 7 nitrogen and oxygen atoms in total. The zero-order valence-corrected chi connectivity index (χ0v) is 15.0.